The van der Waals surface area contributed by atoms with Gasteiger partial charge in [-0.15, -0.1) is 0 Å². The molecule has 34 heavy (non-hydrogen) atoms. The van der Waals surface area contributed by atoms with Crippen LogP contribution in [-0.2, 0) is 0 Å². The topological polar surface area (TPSA) is 17.0 Å². The molecule has 0 fully saturated rings. The summed E-state index contributed by atoms with van der Waals surface area (Å²) in [6.45, 7) is 0. The number of nitrogens with zero attached hydrogens (tertiary/aromatic N) is 1. The highest BCUT2D eigenvalue weighted by Crippen LogP contribution is 2.35. The molecule has 0 saturated carbocycles. The Balaban J connectivity index is 1.34. The van der Waals surface area contributed by atoms with Gasteiger partial charge in [-0.25, -0.2) is 0 Å². The smallest absolute Gasteiger partial charge is 0.0542 e. The van der Waals surface area contributed by atoms with E-state index in [1.54, 1.807) is 0 Å². The van der Waals surface area contributed by atoms with Crippen LogP contribution in [0.4, 0.5) is 11.4 Å². The monoisotopic (exact) mass is 434 g/mol. The Morgan fingerprint density at radius 1 is 0.412 bits per heavy atom. The summed E-state index contributed by atoms with van der Waals surface area (Å²) in [5.74, 6) is 0. The molecular formula is C32H22N2. The van der Waals surface area contributed by atoms with Gasteiger partial charge in [-0.3, -0.25) is 0 Å². The number of benzene rings is 6. The zero-order chi connectivity index (χ0) is 22.5. The molecular weight excluding hydrogens is 412 g/mol. The average molecular weight is 435 g/mol. The summed E-state index contributed by atoms with van der Waals surface area (Å²) in [4.78, 5) is 0. The maximum atomic E-state index is 3.64. The fourth-order valence-corrected chi connectivity index (χ4v) is 5.16. The molecule has 1 N–H and O–H groups in total. The first-order valence-corrected chi connectivity index (χ1v) is 11.6. The summed E-state index contributed by atoms with van der Waals surface area (Å²) < 4.78 is 2.34. The molecule has 6 aromatic carbocycles. The van der Waals surface area contributed by atoms with Crippen molar-refractivity contribution in [1.29, 1.82) is 0 Å². The van der Waals surface area contributed by atoms with Crippen LogP contribution in [0.1, 0.15) is 0 Å². The number of para-hydroxylation sites is 2. The van der Waals surface area contributed by atoms with Crippen molar-refractivity contribution in [1.82, 2.24) is 4.57 Å². The maximum Gasteiger partial charge on any atom is 0.0542 e. The van der Waals surface area contributed by atoms with Crippen molar-refractivity contribution in [2.24, 2.45) is 0 Å². The fourth-order valence-electron chi connectivity index (χ4n) is 5.16. The minimum atomic E-state index is 1.09. The van der Waals surface area contributed by atoms with Gasteiger partial charge in [-0.05, 0) is 70.1 Å². The zero-order valence-electron chi connectivity index (χ0n) is 18.6. The van der Waals surface area contributed by atoms with Gasteiger partial charge < -0.3 is 9.88 Å². The SMILES string of the molecule is c1ccc(-n2c3ccccc3c3cc(Nc4ccc5c(ccc6ccccc65)c4)ccc32)cc1. The number of hydrogen-bond donors (Lipinski definition) is 1. The van der Waals surface area contributed by atoms with Gasteiger partial charge in [-0.2, -0.15) is 0 Å². The van der Waals surface area contributed by atoms with Gasteiger partial charge in [0.25, 0.3) is 0 Å². The molecule has 160 valence electrons. The molecule has 1 aromatic heterocycles. The van der Waals surface area contributed by atoms with Crippen LogP contribution in [0, 0.1) is 0 Å². The van der Waals surface area contributed by atoms with E-state index >= 15 is 0 Å². The normalized spacial score (nSPS) is 11.5. The highest BCUT2D eigenvalue weighted by atomic mass is 15.0. The molecule has 2 nitrogen and oxygen atoms in total. The summed E-state index contributed by atoms with van der Waals surface area (Å²) >= 11 is 0. The van der Waals surface area contributed by atoms with E-state index in [2.05, 4.69) is 137 Å². The second-order valence-electron chi connectivity index (χ2n) is 8.77. The largest absolute Gasteiger partial charge is 0.355 e. The van der Waals surface area contributed by atoms with E-state index in [1.165, 1.54) is 49.0 Å². The number of rotatable bonds is 3. The van der Waals surface area contributed by atoms with E-state index in [-0.39, 0.29) is 0 Å². The van der Waals surface area contributed by atoms with Crippen LogP contribution in [0.5, 0.6) is 0 Å². The van der Waals surface area contributed by atoms with Crippen molar-refractivity contribution in [3.63, 3.8) is 0 Å². The van der Waals surface area contributed by atoms with E-state index in [9.17, 15) is 0 Å². The number of aromatic nitrogens is 1. The summed E-state index contributed by atoms with van der Waals surface area (Å²) in [5.41, 5.74) is 5.79. The van der Waals surface area contributed by atoms with Crippen LogP contribution in [0.2, 0.25) is 0 Å². The van der Waals surface area contributed by atoms with Gasteiger partial charge in [0.05, 0.1) is 11.0 Å². The molecule has 0 radical (unpaired) electrons. The Labute approximate surface area is 197 Å². The Hall–Kier alpha value is -4.56. The third-order valence-electron chi connectivity index (χ3n) is 6.72. The highest BCUT2D eigenvalue weighted by Gasteiger charge is 2.12. The van der Waals surface area contributed by atoms with Gasteiger partial charge in [0, 0.05) is 27.8 Å². The van der Waals surface area contributed by atoms with Crippen molar-refractivity contribution < 1.29 is 0 Å². The summed E-state index contributed by atoms with van der Waals surface area (Å²) in [6.07, 6.45) is 0. The van der Waals surface area contributed by atoms with Crippen LogP contribution in [-0.4, -0.2) is 4.57 Å². The van der Waals surface area contributed by atoms with Gasteiger partial charge >= 0.3 is 0 Å². The minimum absolute atomic E-state index is 1.09. The number of anilines is 2. The van der Waals surface area contributed by atoms with Crippen LogP contribution >= 0.6 is 0 Å². The van der Waals surface area contributed by atoms with E-state index in [1.807, 2.05) is 0 Å². The molecule has 0 aliphatic rings. The van der Waals surface area contributed by atoms with Crippen molar-refractivity contribution in [3.8, 4) is 5.69 Å². The number of nitrogens with one attached hydrogen (secondary N) is 1. The maximum absolute atomic E-state index is 3.64. The first-order chi connectivity index (χ1) is 16.8. The molecule has 0 aliphatic carbocycles. The second-order valence-corrected chi connectivity index (χ2v) is 8.77. The lowest BCUT2D eigenvalue weighted by Gasteiger charge is -2.11. The van der Waals surface area contributed by atoms with Gasteiger partial charge in [0.1, 0.15) is 0 Å². The van der Waals surface area contributed by atoms with Crippen LogP contribution in [0.15, 0.2) is 127 Å². The zero-order valence-corrected chi connectivity index (χ0v) is 18.6. The second kappa shape index (κ2) is 7.50. The highest BCUT2D eigenvalue weighted by molar-refractivity contribution is 6.11. The molecule has 0 spiro atoms. The van der Waals surface area contributed by atoms with Crippen LogP contribution in [0.3, 0.4) is 0 Å². The Bertz CT molecular complexity index is 1830. The fraction of sp³-hybridized carbons (Fsp3) is 0. The van der Waals surface area contributed by atoms with Crippen molar-refractivity contribution in [2.75, 3.05) is 5.32 Å². The van der Waals surface area contributed by atoms with E-state index in [4.69, 9.17) is 0 Å². The number of hydrogen-bond acceptors (Lipinski definition) is 1. The standard InChI is InChI=1S/C32H22N2/c1-2-9-26(10-3-1)34-31-13-7-6-12-29(31)30-21-25(17-19-32(30)34)33-24-16-18-28-23(20-24)15-14-22-8-4-5-11-27(22)28/h1-21,33H. The van der Waals surface area contributed by atoms with Gasteiger partial charge in [0.2, 0.25) is 0 Å². The molecule has 0 unspecified atom stereocenters. The summed E-state index contributed by atoms with van der Waals surface area (Å²) in [7, 11) is 0. The molecule has 0 aliphatic heterocycles. The van der Waals surface area contributed by atoms with Crippen molar-refractivity contribution in [3.05, 3.63) is 127 Å². The molecule has 0 bridgehead atoms. The van der Waals surface area contributed by atoms with Gasteiger partial charge in [-0.1, -0.05) is 78.9 Å². The van der Waals surface area contributed by atoms with Gasteiger partial charge in [0.15, 0.2) is 0 Å². The lowest BCUT2D eigenvalue weighted by molar-refractivity contribution is 1.18. The third-order valence-corrected chi connectivity index (χ3v) is 6.72. The van der Waals surface area contributed by atoms with E-state index in [0.29, 0.717) is 0 Å². The predicted molar refractivity (Wildman–Crippen MR) is 146 cm³/mol. The summed E-state index contributed by atoms with van der Waals surface area (Å²) in [5, 5.41) is 11.2. The van der Waals surface area contributed by atoms with Crippen LogP contribution < -0.4 is 5.32 Å². The van der Waals surface area contributed by atoms with Crippen molar-refractivity contribution in [2.45, 2.75) is 0 Å². The predicted octanol–water partition coefficient (Wildman–Crippen LogP) is 8.83. The lowest BCUT2D eigenvalue weighted by Crippen LogP contribution is -1.94. The number of fused-ring (bicyclic) bond motifs is 6. The average Bonchev–Trinajstić information content (AvgIpc) is 3.23. The molecule has 7 rings (SSSR count). The first kappa shape index (κ1) is 19.0. The summed E-state index contributed by atoms with van der Waals surface area (Å²) in [6, 6.07) is 45.5. The molecule has 0 amide bonds. The molecule has 0 saturated heterocycles. The molecule has 0 atom stereocenters. The lowest BCUT2D eigenvalue weighted by atomic mass is 10.0. The Morgan fingerprint density at radius 2 is 1.06 bits per heavy atom. The first-order valence-electron chi connectivity index (χ1n) is 11.6. The van der Waals surface area contributed by atoms with E-state index < -0.39 is 0 Å². The Morgan fingerprint density at radius 3 is 1.97 bits per heavy atom. The molecule has 7 aromatic rings. The van der Waals surface area contributed by atoms with Crippen molar-refractivity contribution >= 4 is 54.7 Å². The minimum Gasteiger partial charge on any atom is -0.355 e. The quantitative estimate of drug-likeness (QED) is 0.275. The third kappa shape index (κ3) is 2.96. The van der Waals surface area contributed by atoms with Crippen LogP contribution in [0.25, 0.3) is 49.0 Å². The van der Waals surface area contributed by atoms with E-state index in [0.717, 1.165) is 11.4 Å². The Kier molecular flexibility index (Phi) is 4.18. The molecule has 2 heteroatoms. The molecule has 1 heterocycles.